The molecule has 0 bridgehead atoms. The van der Waals surface area contributed by atoms with Crippen molar-refractivity contribution in [2.75, 3.05) is 17.7 Å². The van der Waals surface area contributed by atoms with Crippen LogP contribution in [0.2, 0.25) is 0 Å². The summed E-state index contributed by atoms with van der Waals surface area (Å²) in [6.45, 7) is 1.64. The third-order valence-corrected chi connectivity index (χ3v) is 3.30. The molecule has 2 aromatic rings. The Hall–Kier alpha value is -3.36. The first-order valence-electron chi connectivity index (χ1n) is 6.96. The topological polar surface area (TPSA) is 120 Å². The van der Waals surface area contributed by atoms with Crippen molar-refractivity contribution in [2.45, 2.75) is 13.0 Å². The zero-order valence-electron chi connectivity index (χ0n) is 12.8. The number of amides is 2. The summed E-state index contributed by atoms with van der Waals surface area (Å²) in [4.78, 5) is 35.0. The molecule has 0 saturated carbocycles. The predicted octanol–water partition coefficient (Wildman–Crippen LogP) is 1.43. The number of rotatable bonds is 3. The highest BCUT2D eigenvalue weighted by molar-refractivity contribution is 6.05. The molecule has 3 rings (SSSR count). The summed E-state index contributed by atoms with van der Waals surface area (Å²) in [7, 11) is 1.19. The molecular weight excluding hydrogens is 318 g/mol. The van der Waals surface area contributed by atoms with Crippen molar-refractivity contribution in [3.8, 4) is 5.75 Å². The number of benzene rings is 1. The van der Waals surface area contributed by atoms with E-state index in [-0.39, 0.29) is 17.4 Å². The van der Waals surface area contributed by atoms with Gasteiger partial charge in [-0.15, -0.1) is 0 Å². The Kier molecular flexibility index (Phi) is 3.90. The quantitative estimate of drug-likeness (QED) is 0.816. The molecule has 0 spiro atoms. The molecule has 0 saturated heterocycles. The number of ether oxygens (including phenoxy) is 2. The van der Waals surface area contributed by atoms with Crippen molar-refractivity contribution in [1.82, 2.24) is 5.16 Å². The normalized spacial score (nSPS) is 15.8. The maximum atomic E-state index is 12.1. The highest BCUT2D eigenvalue weighted by atomic mass is 16.5. The number of esters is 1. The number of methoxy groups -OCH3 is 1. The number of carbonyl (C=O) groups excluding carboxylic acids is 3. The number of fused-ring (bicyclic) bond motifs is 1. The molecule has 9 heteroatoms. The van der Waals surface area contributed by atoms with E-state index in [1.165, 1.54) is 13.2 Å². The van der Waals surface area contributed by atoms with E-state index in [0.717, 1.165) is 0 Å². The number of nitrogens with one attached hydrogen (secondary N) is 2. The van der Waals surface area contributed by atoms with Gasteiger partial charge in [0.2, 0.25) is 5.76 Å². The lowest BCUT2D eigenvalue weighted by atomic mass is 10.2. The summed E-state index contributed by atoms with van der Waals surface area (Å²) in [5.41, 5.74) is 0.785. The molecule has 1 aliphatic heterocycles. The Balaban J connectivity index is 1.75. The van der Waals surface area contributed by atoms with Crippen molar-refractivity contribution >= 4 is 29.2 Å². The van der Waals surface area contributed by atoms with Crippen LogP contribution < -0.4 is 15.4 Å². The fourth-order valence-corrected chi connectivity index (χ4v) is 2.06. The lowest BCUT2D eigenvalue weighted by Crippen LogP contribution is -2.34. The summed E-state index contributed by atoms with van der Waals surface area (Å²) in [6.07, 6.45) is -0.579. The highest BCUT2D eigenvalue weighted by Gasteiger charge is 2.24. The third-order valence-electron chi connectivity index (χ3n) is 3.30. The van der Waals surface area contributed by atoms with Gasteiger partial charge < -0.3 is 24.6 Å². The van der Waals surface area contributed by atoms with Crippen molar-refractivity contribution in [3.05, 3.63) is 35.7 Å². The van der Waals surface area contributed by atoms with E-state index in [4.69, 9.17) is 9.26 Å². The van der Waals surface area contributed by atoms with Crippen molar-refractivity contribution in [2.24, 2.45) is 0 Å². The second-order valence-electron chi connectivity index (χ2n) is 4.98. The second kappa shape index (κ2) is 6.03. The van der Waals surface area contributed by atoms with Crippen LogP contribution in [0.3, 0.4) is 0 Å². The molecule has 24 heavy (non-hydrogen) atoms. The summed E-state index contributed by atoms with van der Waals surface area (Å²) < 4.78 is 14.6. The average Bonchev–Trinajstić information content (AvgIpc) is 3.05. The zero-order valence-corrected chi connectivity index (χ0v) is 12.8. The lowest BCUT2D eigenvalue weighted by Gasteiger charge is -2.23. The minimum atomic E-state index is -0.732. The Morgan fingerprint density at radius 2 is 2.12 bits per heavy atom. The van der Waals surface area contributed by atoms with E-state index in [1.807, 2.05) is 0 Å². The number of hydrogen-bond acceptors (Lipinski definition) is 7. The monoisotopic (exact) mass is 331 g/mol. The number of anilines is 2. The predicted molar refractivity (Wildman–Crippen MR) is 81.0 cm³/mol. The van der Waals surface area contributed by atoms with E-state index in [2.05, 4.69) is 20.5 Å². The van der Waals surface area contributed by atoms with E-state index in [9.17, 15) is 14.4 Å². The first kappa shape index (κ1) is 15.5. The van der Waals surface area contributed by atoms with Gasteiger partial charge in [0.25, 0.3) is 11.8 Å². The number of aromatic nitrogens is 1. The van der Waals surface area contributed by atoms with Gasteiger partial charge >= 0.3 is 5.97 Å². The molecule has 2 N–H and O–H groups in total. The molecule has 0 fully saturated rings. The van der Waals surface area contributed by atoms with E-state index in [0.29, 0.717) is 17.1 Å². The molecule has 0 radical (unpaired) electrons. The highest BCUT2D eigenvalue weighted by Crippen LogP contribution is 2.32. The number of carbonyl (C=O) groups is 3. The standard InChI is InChI=1S/C15H13N3O6/c1-7-13(19)17-9-5-8(3-4-11(9)23-7)16-14(20)10-6-12(24-18-10)15(21)22-2/h3-7H,1-2H3,(H,16,20)(H,17,19)/t7-/m0/s1. The smallest absolute Gasteiger partial charge is 0.376 e. The molecule has 1 aromatic carbocycles. The molecule has 2 heterocycles. The van der Waals surface area contributed by atoms with Crippen molar-refractivity contribution in [3.63, 3.8) is 0 Å². The van der Waals surface area contributed by atoms with Crippen LogP contribution in [-0.4, -0.2) is 36.2 Å². The van der Waals surface area contributed by atoms with Gasteiger partial charge in [-0.05, 0) is 25.1 Å². The first-order valence-corrected chi connectivity index (χ1v) is 6.96. The van der Waals surface area contributed by atoms with Crippen molar-refractivity contribution < 1.29 is 28.4 Å². The summed E-state index contributed by atoms with van der Waals surface area (Å²) in [5, 5.41) is 8.77. The largest absolute Gasteiger partial charge is 0.479 e. The Bertz CT molecular complexity index is 828. The van der Waals surface area contributed by atoms with Crippen LogP contribution in [0, 0.1) is 0 Å². The molecule has 0 unspecified atom stereocenters. The molecule has 1 aliphatic rings. The van der Waals surface area contributed by atoms with E-state index < -0.39 is 18.0 Å². The van der Waals surface area contributed by atoms with E-state index in [1.54, 1.807) is 25.1 Å². The molecule has 124 valence electrons. The summed E-state index contributed by atoms with van der Waals surface area (Å²) in [5.74, 6) is -1.25. The SMILES string of the molecule is COC(=O)c1cc(C(=O)Nc2ccc3c(c2)NC(=O)[C@H](C)O3)no1. The van der Waals surface area contributed by atoms with Crippen LogP contribution in [0.5, 0.6) is 5.75 Å². The second-order valence-corrected chi connectivity index (χ2v) is 4.98. The Morgan fingerprint density at radius 3 is 2.88 bits per heavy atom. The Morgan fingerprint density at radius 1 is 1.33 bits per heavy atom. The molecule has 2 amide bonds. The van der Waals surface area contributed by atoms with Gasteiger partial charge in [0, 0.05) is 11.8 Å². The zero-order chi connectivity index (χ0) is 17.3. The Labute approximate surface area is 135 Å². The van der Waals surface area contributed by atoms with Crippen LogP contribution in [0.4, 0.5) is 11.4 Å². The molecule has 1 aromatic heterocycles. The molecular formula is C15H13N3O6. The first-order chi connectivity index (χ1) is 11.5. The minimum absolute atomic E-state index is 0.0815. The number of hydrogen-bond donors (Lipinski definition) is 2. The van der Waals surface area contributed by atoms with Gasteiger partial charge in [0.15, 0.2) is 11.8 Å². The summed E-state index contributed by atoms with van der Waals surface area (Å²) >= 11 is 0. The fourth-order valence-electron chi connectivity index (χ4n) is 2.06. The average molecular weight is 331 g/mol. The third kappa shape index (κ3) is 2.91. The van der Waals surface area contributed by atoms with Gasteiger partial charge in [-0.25, -0.2) is 4.79 Å². The van der Waals surface area contributed by atoms with Crippen LogP contribution in [-0.2, 0) is 9.53 Å². The van der Waals surface area contributed by atoms with Crippen LogP contribution in [0.25, 0.3) is 0 Å². The van der Waals surface area contributed by atoms with Crippen LogP contribution >= 0.6 is 0 Å². The molecule has 1 atom stereocenters. The maximum absolute atomic E-state index is 12.1. The fraction of sp³-hybridized carbons (Fsp3) is 0.200. The van der Waals surface area contributed by atoms with Gasteiger partial charge in [-0.3, -0.25) is 9.59 Å². The number of nitrogens with zero attached hydrogens (tertiary/aromatic N) is 1. The van der Waals surface area contributed by atoms with Crippen LogP contribution in [0.15, 0.2) is 28.8 Å². The van der Waals surface area contributed by atoms with Crippen molar-refractivity contribution in [1.29, 1.82) is 0 Å². The van der Waals surface area contributed by atoms with Gasteiger partial charge in [0.1, 0.15) is 5.75 Å². The maximum Gasteiger partial charge on any atom is 0.376 e. The molecule has 9 nitrogen and oxygen atoms in total. The summed E-state index contributed by atoms with van der Waals surface area (Å²) in [6, 6.07) is 5.97. The van der Waals surface area contributed by atoms with Gasteiger partial charge in [0.05, 0.1) is 12.8 Å². The van der Waals surface area contributed by atoms with Gasteiger partial charge in [-0.2, -0.15) is 0 Å². The lowest BCUT2D eigenvalue weighted by molar-refractivity contribution is -0.122. The van der Waals surface area contributed by atoms with E-state index >= 15 is 0 Å². The van der Waals surface area contributed by atoms with Crippen LogP contribution in [0.1, 0.15) is 28.0 Å². The van der Waals surface area contributed by atoms with Gasteiger partial charge in [-0.1, -0.05) is 5.16 Å². The minimum Gasteiger partial charge on any atom is -0.479 e. The molecule has 0 aliphatic carbocycles.